The molecule has 15 heavy (non-hydrogen) atoms. The van der Waals surface area contributed by atoms with Crippen LogP contribution in [-0.2, 0) is 4.79 Å². The average Bonchev–Trinajstić information content (AvgIpc) is 2.17. The summed E-state index contributed by atoms with van der Waals surface area (Å²) >= 11 is 3.35. The van der Waals surface area contributed by atoms with Crippen LogP contribution in [0.3, 0.4) is 0 Å². The van der Waals surface area contributed by atoms with E-state index in [-0.39, 0.29) is 11.9 Å². The van der Waals surface area contributed by atoms with E-state index in [9.17, 15) is 4.79 Å². The molecule has 0 saturated carbocycles. The van der Waals surface area contributed by atoms with Crippen LogP contribution in [0.15, 0.2) is 28.7 Å². The molecule has 0 saturated heterocycles. The lowest BCUT2D eigenvalue weighted by molar-refractivity contribution is -0.118. The fourth-order valence-corrected chi connectivity index (χ4v) is 1.49. The Bertz CT molecular complexity index is 335. The summed E-state index contributed by atoms with van der Waals surface area (Å²) in [7, 11) is 1.76. The van der Waals surface area contributed by atoms with E-state index >= 15 is 0 Å². The van der Waals surface area contributed by atoms with Gasteiger partial charge in [-0.2, -0.15) is 0 Å². The van der Waals surface area contributed by atoms with Gasteiger partial charge in [0.25, 0.3) is 0 Å². The van der Waals surface area contributed by atoms with Crippen molar-refractivity contribution in [2.75, 3.05) is 11.9 Å². The largest absolute Gasteiger partial charge is 0.327 e. The average molecular weight is 271 g/mol. The maximum atomic E-state index is 11.7. The zero-order valence-electron chi connectivity index (χ0n) is 8.90. The minimum Gasteiger partial charge on any atom is -0.327 e. The van der Waals surface area contributed by atoms with E-state index in [4.69, 9.17) is 5.73 Å². The van der Waals surface area contributed by atoms with Crippen molar-refractivity contribution < 1.29 is 4.79 Å². The van der Waals surface area contributed by atoms with E-state index in [1.54, 1.807) is 11.9 Å². The lowest BCUT2D eigenvalue weighted by Crippen LogP contribution is -2.31. The lowest BCUT2D eigenvalue weighted by Gasteiger charge is -2.18. The van der Waals surface area contributed by atoms with Crippen LogP contribution in [0.4, 0.5) is 5.69 Å². The first-order chi connectivity index (χ1) is 7.00. The normalized spacial score (nSPS) is 12.3. The van der Waals surface area contributed by atoms with Gasteiger partial charge in [-0.25, -0.2) is 0 Å². The number of carbonyl (C=O) groups excluding carboxylic acids is 1. The Labute approximate surface area is 98.4 Å². The molecule has 4 heteroatoms. The first-order valence-electron chi connectivity index (χ1n) is 4.78. The Hall–Kier alpha value is -0.870. The zero-order valence-corrected chi connectivity index (χ0v) is 10.5. The van der Waals surface area contributed by atoms with Gasteiger partial charge >= 0.3 is 0 Å². The summed E-state index contributed by atoms with van der Waals surface area (Å²) < 4.78 is 0.999. The summed E-state index contributed by atoms with van der Waals surface area (Å²) in [6, 6.07) is 7.50. The number of hydrogen-bond acceptors (Lipinski definition) is 2. The summed E-state index contributed by atoms with van der Waals surface area (Å²) in [5.41, 5.74) is 6.46. The lowest BCUT2D eigenvalue weighted by atomic mass is 10.2. The minimum atomic E-state index is -0.101. The topological polar surface area (TPSA) is 46.3 Å². The maximum Gasteiger partial charge on any atom is 0.228 e. The standard InChI is InChI=1S/C11H15BrN2O/c1-8(13)7-11(15)14(2)10-5-3-9(12)4-6-10/h3-6,8H,7,13H2,1-2H3. The molecular formula is C11H15BrN2O. The van der Waals surface area contributed by atoms with Crippen molar-refractivity contribution in [1.29, 1.82) is 0 Å². The molecule has 1 aromatic rings. The number of halogens is 1. The van der Waals surface area contributed by atoms with Crippen molar-refractivity contribution in [3.8, 4) is 0 Å². The fraction of sp³-hybridized carbons (Fsp3) is 0.364. The molecule has 0 spiro atoms. The van der Waals surface area contributed by atoms with Crippen LogP contribution in [0.25, 0.3) is 0 Å². The van der Waals surface area contributed by atoms with Crippen molar-refractivity contribution in [3.05, 3.63) is 28.7 Å². The SMILES string of the molecule is CC(N)CC(=O)N(C)c1ccc(Br)cc1. The number of benzene rings is 1. The molecule has 0 fully saturated rings. The highest BCUT2D eigenvalue weighted by Gasteiger charge is 2.12. The first kappa shape index (κ1) is 12.2. The third-order valence-corrected chi connectivity index (χ3v) is 2.61. The second-order valence-corrected chi connectivity index (χ2v) is 4.53. The molecule has 1 unspecified atom stereocenters. The Kier molecular flexibility index (Phi) is 4.29. The van der Waals surface area contributed by atoms with Crippen molar-refractivity contribution in [3.63, 3.8) is 0 Å². The van der Waals surface area contributed by atoms with Crippen LogP contribution in [-0.4, -0.2) is 19.0 Å². The monoisotopic (exact) mass is 270 g/mol. The van der Waals surface area contributed by atoms with E-state index in [0.717, 1.165) is 10.2 Å². The predicted octanol–water partition coefficient (Wildman–Crippen LogP) is 2.15. The number of hydrogen-bond donors (Lipinski definition) is 1. The van der Waals surface area contributed by atoms with E-state index in [2.05, 4.69) is 15.9 Å². The highest BCUT2D eigenvalue weighted by Crippen LogP contribution is 2.17. The molecule has 82 valence electrons. The quantitative estimate of drug-likeness (QED) is 0.915. The highest BCUT2D eigenvalue weighted by molar-refractivity contribution is 9.10. The number of carbonyl (C=O) groups is 1. The van der Waals surface area contributed by atoms with Gasteiger partial charge in [-0.05, 0) is 31.2 Å². The maximum absolute atomic E-state index is 11.7. The van der Waals surface area contributed by atoms with Gasteiger partial charge in [0.2, 0.25) is 5.91 Å². The van der Waals surface area contributed by atoms with Gasteiger partial charge < -0.3 is 10.6 Å². The van der Waals surface area contributed by atoms with Crippen molar-refractivity contribution >= 4 is 27.5 Å². The van der Waals surface area contributed by atoms with Crippen LogP contribution in [0, 0.1) is 0 Å². The molecule has 0 aliphatic heterocycles. The van der Waals surface area contributed by atoms with Crippen LogP contribution < -0.4 is 10.6 Å². The molecule has 0 aliphatic carbocycles. The number of anilines is 1. The molecule has 0 aromatic heterocycles. The van der Waals surface area contributed by atoms with Gasteiger partial charge in [0, 0.05) is 29.7 Å². The number of amides is 1. The molecule has 0 bridgehead atoms. The number of nitrogens with two attached hydrogens (primary N) is 1. The van der Waals surface area contributed by atoms with E-state index in [1.807, 2.05) is 31.2 Å². The summed E-state index contributed by atoms with van der Waals surface area (Å²) in [6.07, 6.45) is 0.368. The Morgan fingerprint density at radius 2 is 2.00 bits per heavy atom. The molecule has 3 nitrogen and oxygen atoms in total. The molecule has 1 atom stereocenters. The Morgan fingerprint density at radius 3 is 2.47 bits per heavy atom. The van der Waals surface area contributed by atoms with Gasteiger partial charge in [0.05, 0.1) is 0 Å². The van der Waals surface area contributed by atoms with Crippen LogP contribution >= 0.6 is 15.9 Å². The molecule has 0 heterocycles. The van der Waals surface area contributed by atoms with E-state index in [1.165, 1.54) is 0 Å². The third-order valence-electron chi connectivity index (χ3n) is 2.08. The van der Waals surface area contributed by atoms with Gasteiger partial charge in [-0.1, -0.05) is 15.9 Å². The Morgan fingerprint density at radius 1 is 1.47 bits per heavy atom. The molecule has 1 amide bonds. The van der Waals surface area contributed by atoms with Crippen molar-refractivity contribution in [2.24, 2.45) is 5.73 Å². The molecule has 2 N–H and O–H groups in total. The third kappa shape index (κ3) is 3.64. The molecule has 1 aromatic carbocycles. The van der Waals surface area contributed by atoms with Gasteiger partial charge in [-0.15, -0.1) is 0 Å². The van der Waals surface area contributed by atoms with Crippen LogP contribution in [0.1, 0.15) is 13.3 Å². The second-order valence-electron chi connectivity index (χ2n) is 3.61. The van der Waals surface area contributed by atoms with Gasteiger partial charge in [-0.3, -0.25) is 4.79 Å². The summed E-state index contributed by atoms with van der Waals surface area (Å²) in [5, 5.41) is 0. The van der Waals surface area contributed by atoms with E-state index in [0.29, 0.717) is 6.42 Å². The van der Waals surface area contributed by atoms with E-state index < -0.39 is 0 Å². The predicted molar refractivity (Wildman–Crippen MR) is 65.8 cm³/mol. The molecule has 0 radical (unpaired) electrons. The molecule has 1 rings (SSSR count). The summed E-state index contributed by atoms with van der Waals surface area (Å²) in [4.78, 5) is 13.3. The second kappa shape index (κ2) is 5.28. The summed E-state index contributed by atoms with van der Waals surface area (Å²) in [6.45, 7) is 1.83. The number of rotatable bonds is 3. The molecule has 0 aliphatic rings. The van der Waals surface area contributed by atoms with Crippen LogP contribution in [0.5, 0.6) is 0 Å². The smallest absolute Gasteiger partial charge is 0.228 e. The fourth-order valence-electron chi connectivity index (χ4n) is 1.22. The van der Waals surface area contributed by atoms with Gasteiger partial charge in [0.15, 0.2) is 0 Å². The van der Waals surface area contributed by atoms with Gasteiger partial charge in [0.1, 0.15) is 0 Å². The number of nitrogens with zero attached hydrogens (tertiary/aromatic N) is 1. The zero-order chi connectivity index (χ0) is 11.4. The minimum absolute atomic E-state index is 0.0346. The van der Waals surface area contributed by atoms with Crippen LogP contribution in [0.2, 0.25) is 0 Å². The van der Waals surface area contributed by atoms with Crippen molar-refractivity contribution in [1.82, 2.24) is 0 Å². The molecular weight excluding hydrogens is 256 g/mol. The van der Waals surface area contributed by atoms with Crippen molar-refractivity contribution in [2.45, 2.75) is 19.4 Å². The highest BCUT2D eigenvalue weighted by atomic mass is 79.9. The first-order valence-corrected chi connectivity index (χ1v) is 5.57. The summed E-state index contributed by atoms with van der Waals surface area (Å²) in [5.74, 6) is 0.0346. The Balaban J connectivity index is 2.71.